The highest BCUT2D eigenvalue weighted by Gasteiger charge is 2.27. The quantitative estimate of drug-likeness (QED) is 0.773. The summed E-state index contributed by atoms with van der Waals surface area (Å²) in [4.78, 5) is 8.61. The number of aromatic nitrogens is 2. The summed E-state index contributed by atoms with van der Waals surface area (Å²) in [6, 6.07) is 2.45. The summed E-state index contributed by atoms with van der Waals surface area (Å²) in [7, 11) is 0. The molecule has 2 N–H and O–H groups in total. The van der Waals surface area contributed by atoms with Gasteiger partial charge in [-0.15, -0.1) is 0 Å². The topological polar surface area (TPSA) is 49.8 Å². The lowest BCUT2D eigenvalue weighted by molar-refractivity contribution is 0.690. The summed E-state index contributed by atoms with van der Waals surface area (Å²) >= 11 is 0. The SMILES string of the molecule is CCCNc1nccc(NC(C)C2CC2)n1. The highest BCUT2D eigenvalue weighted by Crippen LogP contribution is 2.33. The van der Waals surface area contributed by atoms with Gasteiger partial charge >= 0.3 is 0 Å². The molecule has 1 unspecified atom stereocenters. The van der Waals surface area contributed by atoms with Crippen molar-refractivity contribution in [1.82, 2.24) is 9.97 Å². The van der Waals surface area contributed by atoms with Gasteiger partial charge in [0.2, 0.25) is 5.95 Å². The molecule has 4 nitrogen and oxygen atoms in total. The molecule has 0 aromatic carbocycles. The van der Waals surface area contributed by atoms with Crippen molar-refractivity contribution in [3.05, 3.63) is 12.3 Å². The van der Waals surface area contributed by atoms with Crippen molar-refractivity contribution in [2.75, 3.05) is 17.2 Å². The smallest absolute Gasteiger partial charge is 0.224 e. The second kappa shape index (κ2) is 5.14. The Bertz CT molecular complexity index is 336. The standard InChI is InChI=1S/C12H20N4/c1-3-7-13-12-14-8-6-11(16-12)15-9(2)10-4-5-10/h6,8-10H,3-5,7H2,1-2H3,(H2,13,14,15,16). The van der Waals surface area contributed by atoms with Crippen LogP contribution in [0.25, 0.3) is 0 Å². The zero-order chi connectivity index (χ0) is 11.4. The van der Waals surface area contributed by atoms with E-state index in [9.17, 15) is 0 Å². The average Bonchev–Trinajstić information content (AvgIpc) is 3.10. The Morgan fingerprint density at radius 1 is 1.50 bits per heavy atom. The van der Waals surface area contributed by atoms with Crippen LogP contribution in [0.1, 0.15) is 33.1 Å². The Kier molecular flexibility index (Phi) is 3.59. The fraction of sp³-hybridized carbons (Fsp3) is 0.667. The summed E-state index contributed by atoms with van der Waals surface area (Å²) in [6.07, 6.45) is 5.58. The summed E-state index contributed by atoms with van der Waals surface area (Å²) in [6.45, 7) is 5.27. The first kappa shape index (κ1) is 11.2. The van der Waals surface area contributed by atoms with Gasteiger partial charge < -0.3 is 10.6 Å². The van der Waals surface area contributed by atoms with Crippen LogP contribution in [0.3, 0.4) is 0 Å². The lowest BCUT2D eigenvalue weighted by atomic mass is 10.2. The second-order valence-electron chi connectivity index (χ2n) is 4.46. The van der Waals surface area contributed by atoms with Gasteiger partial charge in [0.15, 0.2) is 0 Å². The Balaban J connectivity index is 1.92. The van der Waals surface area contributed by atoms with E-state index >= 15 is 0 Å². The molecule has 1 aliphatic carbocycles. The summed E-state index contributed by atoms with van der Waals surface area (Å²) in [5.41, 5.74) is 0. The molecule has 16 heavy (non-hydrogen) atoms. The van der Waals surface area contributed by atoms with E-state index in [2.05, 4.69) is 34.4 Å². The van der Waals surface area contributed by atoms with Crippen LogP contribution < -0.4 is 10.6 Å². The molecule has 2 rings (SSSR count). The normalized spacial score (nSPS) is 16.9. The highest BCUT2D eigenvalue weighted by atomic mass is 15.1. The predicted molar refractivity (Wildman–Crippen MR) is 66.6 cm³/mol. The number of nitrogens with zero attached hydrogens (tertiary/aromatic N) is 2. The molecular weight excluding hydrogens is 200 g/mol. The van der Waals surface area contributed by atoms with Crippen molar-refractivity contribution in [3.8, 4) is 0 Å². The Labute approximate surface area is 96.9 Å². The van der Waals surface area contributed by atoms with E-state index in [0.29, 0.717) is 6.04 Å². The van der Waals surface area contributed by atoms with Crippen LogP contribution in [-0.4, -0.2) is 22.6 Å². The van der Waals surface area contributed by atoms with Crippen molar-refractivity contribution in [3.63, 3.8) is 0 Å². The fourth-order valence-corrected chi connectivity index (χ4v) is 1.71. The van der Waals surface area contributed by atoms with Crippen molar-refractivity contribution < 1.29 is 0 Å². The minimum absolute atomic E-state index is 0.522. The number of rotatable bonds is 6. The van der Waals surface area contributed by atoms with Gasteiger partial charge in [0.05, 0.1) is 0 Å². The molecule has 1 fully saturated rings. The maximum atomic E-state index is 4.43. The van der Waals surface area contributed by atoms with Crippen LogP contribution >= 0.6 is 0 Å². The van der Waals surface area contributed by atoms with E-state index in [0.717, 1.165) is 30.6 Å². The number of hydrogen-bond donors (Lipinski definition) is 2. The summed E-state index contributed by atoms with van der Waals surface area (Å²) in [5, 5.41) is 6.62. The first-order valence-corrected chi connectivity index (χ1v) is 6.13. The number of hydrogen-bond acceptors (Lipinski definition) is 4. The molecule has 1 heterocycles. The van der Waals surface area contributed by atoms with Crippen LogP contribution in [0.2, 0.25) is 0 Å². The first-order chi connectivity index (χ1) is 7.79. The molecule has 1 aliphatic rings. The highest BCUT2D eigenvalue weighted by molar-refractivity contribution is 5.40. The zero-order valence-corrected chi connectivity index (χ0v) is 10.0. The fourth-order valence-electron chi connectivity index (χ4n) is 1.71. The second-order valence-corrected chi connectivity index (χ2v) is 4.46. The van der Waals surface area contributed by atoms with Crippen molar-refractivity contribution in [2.24, 2.45) is 5.92 Å². The number of nitrogens with one attached hydrogen (secondary N) is 2. The summed E-state index contributed by atoms with van der Waals surface area (Å²) in [5.74, 6) is 2.48. The first-order valence-electron chi connectivity index (χ1n) is 6.13. The Hall–Kier alpha value is -1.32. The van der Waals surface area contributed by atoms with Crippen molar-refractivity contribution in [1.29, 1.82) is 0 Å². The van der Waals surface area contributed by atoms with E-state index < -0.39 is 0 Å². The Morgan fingerprint density at radius 3 is 3.00 bits per heavy atom. The minimum Gasteiger partial charge on any atom is -0.367 e. The maximum Gasteiger partial charge on any atom is 0.224 e. The Morgan fingerprint density at radius 2 is 2.31 bits per heavy atom. The monoisotopic (exact) mass is 220 g/mol. The number of anilines is 2. The molecule has 4 heteroatoms. The van der Waals surface area contributed by atoms with Gasteiger partial charge in [-0.2, -0.15) is 4.98 Å². The van der Waals surface area contributed by atoms with Crippen LogP contribution in [0.5, 0.6) is 0 Å². The maximum absolute atomic E-state index is 4.43. The molecule has 1 aromatic heterocycles. The van der Waals surface area contributed by atoms with E-state index in [4.69, 9.17) is 0 Å². The van der Waals surface area contributed by atoms with Crippen LogP contribution in [0.15, 0.2) is 12.3 Å². The third-order valence-corrected chi connectivity index (χ3v) is 2.89. The molecule has 0 radical (unpaired) electrons. The lowest BCUT2D eigenvalue weighted by Gasteiger charge is -2.13. The van der Waals surface area contributed by atoms with Gasteiger partial charge in [0.25, 0.3) is 0 Å². The third-order valence-electron chi connectivity index (χ3n) is 2.89. The van der Waals surface area contributed by atoms with Crippen LogP contribution in [0.4, 0.5) is 11.8 Å². The molecular formula is C12H20N4. The molecule has 0 saturated heterocycles. The molecule has 88 valence electrons. The third kappa shape index (κ3) is 3.08. The average molecular weight is 220 g/mol. The largest absolute Gasteiger partial charge is 0.367 e. The predicted octanol–water partition coefficient (Wildman–Crippen LogP) is 2.51. The van der Waals surface area contributed by atoms with Gasteiger partial charge in [-0.05, 0) is 38.2 Å². The van der Waals surface area contributed by atoms with E-state index in [1.807, 2.05) is 6.07 Å². The van der Waals surface area contributed by atoms with E-state index in [-0.39, 0.29) is 0 Å². The van der Waals surface area contributed by atoms with E-state index in [1.54, 1.807) is 6.20 Å². The molecule has 0 spiro atoms. The molecule has 1 atom stereocenters. The molecule has 0 aliphatic heterocycles. The van der Waals surface area contributed by atoms with E-state index in [1.165, 1.54) is 12.8 Å². The van der Waals surface area contributed by atoms with Crippen molar-refractivity contribution >= 4 is 11.8 Å². The van der Waals surface area contributed by atoms with Crippen LogP contribution in [-0.2, 0) is 0 Å². The molecule has 1 aromatic rings. The van der Waals surface area contributed by atoms with Gasteiger partial charge in [-0.3, -0.25) is 0 Å². The van der Waals surface area contributed by atoms with Gasteiger partial charge in [0.1, 0.15) is 5.82 Å². The summed E-state index contributed by atoms with van der Waals surface area (Å²) < 4.78 is 0. The van der Waals surface area contributed by atoms with Gasteiger partial charge in [-0.25, -0.2) is 4.98 Å². The molecule has 0 amide bonds. The van der Waals surface area contributed by atoms with Crippen molar-refractivity contribution in [2.45, 2.75) is 39.2 Å². The molecule has 1 saturated carbocycles. The van der Waals surface area contributed by atoms with Crippen LogP contribution in [0, 0.1) is 5.92 Å². The van der Waals surface area contributed by atoms with Gasteiger partial charge in [-0.1, -0.05) is 6.92 Å². The minimum atomic E-state index is 0.522. The van der Waals surface area contributed by atoms with Gasteiger partial charge in [0, 0.05) is 18.8 Å². The zero-order valence-electron chi connectivity index (χ0n) is 10.0. The lowest BCUT2D eigenvalue weighted by Crippen LogP contribution is -2.18. The molecule has 0 bridgehead atoms.